The van der Waals surface area contributed by atoms with Crippen molar-refractivity contribution >= 4 is 5.97 Å². The molecule has 2 aliphatic rings. The van der Waals surface area contributed by atoms with Crippen LogP contribution in [-0.4, -0.2) is 142 Å². The van der Waals surface area contributed by atoms with Gasteiger partial charge in [0.15, 0.2) is 12.6 Å². The fraction of sp³-hybridized carbons (Fsp3) is 0.912. The first-order chi connectivity index (χ1) is 34.6. The summed E-state index contributed by atoms with van der Waals surface area (Å²) in [7, 11) is 0. The van der Waals surface area contributed by atoms with Crippen molar-refractivity contribution in [1.29, 1.82) is 0 Å². The van der Waals surface area contributed by atoms with Gasteiger partial charge in [0, 0.05) is 13.0 Å². The highest BCUT2D eigenvalue weighted by molar-refractivity contribution is 5.69. The van der Waals surface area contributed by atoms with Crippen LogP contribution in [0.3, 0.4) is 0 Å². The third-order valence-corrected chi connectivity index (χ3v) is 13.9. The Bertz CT molecular complexity index is 1270. The van der Waals surface area contributed by atoms with Gasteiger partial charge in [0.05, 0.1) is 26.4 Å². The van der Waals surface area contributed by atoms with Gasteiger partial charge in [-0.3, -0.25) is 4.79 Å². The van der Waals surface area contributed by atoms with Gasteiger partial charge in [0.25, 0.3) is 0 Å². The molecule has 2 heterocycles. The average molecular weight is 1020 g/mol. The molecule has 2 rings (SSSR count). The maximum atomic E-state index is 13.1. The topological polar surface area (TPSA) is 214 Å². The third-order valence-electron chi connectivity index (χ3n) is 13.9. The monoisotopic (exact) mass is 1010 g/mol. The SMILES string of the molecule is CCCCCCCC/C=C\CCCCCCCCCCCC(=O)OC(COCCCCCCCCCC/C=C\CCCCCCCC)COC1OC(COC2OC(CO)C(O)C(O)C2O)C(O)C(O)C1O. The molecule has 0 spiro atoms. The van der Waals surface area contributed by atoms with Crippen molar-refractivity contribution < 1.29 is 69.0 Å². The number of hydrogen-bond acceptors (Lipinski definition) is 14. The molecule has 2 saturated heterocycles. The zero-order valence-corrected chi connectivity index (χ0v) is 44.7. The van der Waals surface area contributed by atoms with Crippen LogP contribution in [0.15, 0.2) is 24.3 Å². The van der Waals surface area contributed by atoms with Gasteiger partial charge in [-0.1, -0.05) is 186 Å². The zero-order chi connectivity index (χ0) is 51.6. The number of allylic oxidation sites excluding steroid dienone is 4. The summed E-state index contributed by atoms with van der Waals surface area (Å²) in [5, 5.41) is 72.3. The van der Waals surface area contributed by atoms with Gasteiger partial charge in [-0.25, -0.2) is 0 Å². The molecule has 0 aromatic heterocycles. The second-order valence-electron chi connectivity index (χ2n) is 20.5. The fourth-order valence-corrected chi connectivity index (χ4v) is 9.22. The van der Waals surface area contributed by atoms with Gasteiger partial charge in [0.1, 0.15) is 54.9 Å². The molecule has 14 nitrogen and oxygen atoms in total. The lowest BCUT2D eigenvalue weighted by Gasteiger charge is -2.42. The molecule has 71 heavy (non-hydrogen) atoms. The van der Waals surface area contributed by atoms with E-state index in [1.807, 2.05) is 0 Å². The molecule has 0 aromatic rings. The highest BCUT2D eigenvalue weighted by Gasteiger charge is 2.47. The molecule has 0 radical (unpaired) electrons. The molecule has 11 atom stereocenters. The van der Waals surface area contributed by atoms with E-state index in [4.69, 9.17) is 28.4 Å². The van der Waals surface area contributed by atoms with Gasteiger partial charge < -0.3 is 64.2 Å². The van der Waals surface area contributed by atoms with Crippen molar-refractivity contribution in [2.24, 2.45) is 0 Å². The van der Waals surface area contributed by atoms with Crippen LogP contribution in [0.5, 0.6) is 0 Å². The maximum absolute atomic E-state index is 13.1. The van der Waals surface area contributed by atoms with Crippen molar-refractivity contribution in [2.75, 3.05) is 33.0 Å². The Hall–Kier alpha value is -1.53. The summed E-state index contributed by atoms with van der Waals surface area (Å²) in [5.41, 5.74) is 0. The highest BCUT2D eigenvalue weighted by atomic mass is 16.7. The Morgan fingerprint density at radius 1 is 0.451 bits per heavy atom. The van der Waals surface area contributed by atoms with Gasteiger partial charge in [-0.2, -0.15) is 0 Å². The number of aliphatic hydroxyl groups excluding tert-OH is 7. The first-order valence-electron chi connectivity index (χ1n) is 28.9. The minimum atomic E-state index is -1.71. The van der Waals surface area contributed by atoms with E-state index in [9.17, 15) is 40.5 Å². The van der Waals surface area contributed by atoms with Crippen LogP contribution in [0, 0.1) is 0 Å². The van der Waals surface area contributed by atoms with E-state index in [1.54, 1.807) is 0 Å². The Morgan fingerprint density at radius 3 is 1.28 bits per heavy atom. The van der Waals surface area contributed by atoms with Crippen LogP contribution in [0.2, 0.25) is 0 Å². The van der Waals surface area contributed by atoms with Crippen molar-refractivity contribution in [3.63, 3.8) is 0 Å². The van der Waals surface area contributed by atoms with Crippen molar-refractivity contribution in [3.8, 4) is 0 Å². The second-order valence-corrected chi connectivity index (χ2v) is 20.5. The van der Waals surface area contributed by atoms with Gasteiger partial charge in [-0.05, 0) is 64.2 Å². The second kappa shape index (κ2) is 44.7. The van der Waals surface area contributed by atoms with E-state index in [-0.39, 0.29) is 25.6 Å². The zero-order valence-electron chi connectivity index (χ0n) is 44.7. The number of rotatable bonds is 47. The number of esters is 1. The molecule has 0 amide bonds. The number of aliphatic hydroxyl groups is 7. The number of ether oxygens (including phenoxy) is 6. The summed E-state index contributed by atoms with van der Waals surface area (Å²) in [4.78, 5) is 13.1. The Kier molecular flexibility index (Phi) is 41.3. The summed E-state index contributed by atoms with van der Waals surface area (Å²) < 4.78 is 34.4. The largest absolute Gasteiger partial charge is 0.457 e. The molecular formula is C57H106O14. The average Bonchev–Trinajstić information content (AvgIpc) is 3.37. The lowest BCUT2D eigenvalue weighted by atomic mass is 9.98. The molecule has 0 bridgehead atoms. The smallest absolute Gasteiger partial charge is 0.306 e. The van der Waals surface area contributed by atoms with E-state index in [0.717, 1.165) is 38.5 Å². The van der Waals surface area contributed by atoms with Crippen molar-refractivity contribution in [2.45, 2.75) is 300 Å². The molecule has 0 aliphatic carbocycles. The van der Waals surface area contributed by atoms with E-state index in [1.165, 1.54) is 167 Å². The summed E-state index contributed by atoms with van der Waals surface area (Å²) in [6.45, 7) is 3.71. The lowest BCUT2D eigenvalue weighted by Crippen LogP contribution is -2.61. The minimum absolute atomic E-state index is 0.0618. The first-order valence-corrected chi connectivity index (χ1v) is 28.9. The van der Waals surface area contributed by atoms with Crippen LogP contribution in [-0.2, 0) is 33.2 Å². The van der Waals surface area contributed by atoms with Gasteiger partial charge in [-0.15, -0.1) is 0 Å². The molecule has 14 heteroatoms. The summed E-state index contributed by atoms with van der Waals surface area (Å²) in [6, 6.07) is 0. The number of carbonyl (C=O) groups is 1. The number of hydrogen-bond donors (Lipinski definition) is 7. The highest BCUT2D eigenvalue weighted by Crippen LogP contribution is 2.27. The molecule has 418 valence electrons. The Balaban J connectivity index is 1.72. The maximum Gasteiger partial charge on any atom is 0.306 e. The summed E-state index contributed by atoms with van der Waals surface area (Å²) in [6.07, 6.45) is 33.7. The molecule has 0 saturated carbocycles. The summed E-state index contributed by atoms with van der Waals surface area (Å²) in [5.74, 6) is -0.376. The lowest BCUT2D eigenvalue weighted by molar-refractivity contribution is -0.332. The molecule has 0 aromatic carbocycles. The van der Waals surface area contributed by atoms with Crippen LogP contribution < -0.4 is 0 Å². The standard InChI is InChI=1S/C57H106O14/c1-3-5-7-9-11-13-15-17-19-21-23-24-26-28-30-32-34-36-38-40-49(59)69-46(43-66-41-39-37-35-33-31-29-27-25-22-20-18-16-14-12-10-8-6-4-2)44-67-56-55(65)53(63)51(61)48(71-56)45-68-57-54(64)52(62)50(60)47(42-58)70-57/h17-20,46-48,50-58,60-65H,3-16,21-45H2,1-2H3/b19-17-,20-18-. The van der Waals surface area contributed by atoms with E-state index < -0.39 is 80.7 Å². The predicted molar refractivity (Wildman–Crippen MR) is 280 cm³/mol. The van der Waals surface area contributed by atoms with Crippen molar-refractivity contribution in [3.05, 3.63) is 24.3 Å². The predicted octanol–water partition coefficient (Wildman–Crippen LogP) is 9.97. The van der Waals surface area contributed by atoms with Crippen LogP contribution in [0.1, 0.15) is 232 Å². The normalized spacial score (nSPS) is 25.4. The molecule has 7 N–H and O–H groups in total. The fourth-order valence-electron chi connectivity index (χ4n) is 9.22. The van der Waals surface area contributed by atoms with Crippen LogP contribution in [0.4, 0.5) is 0 Å². The van der Waals surface area contributed by atoms with Crippen LogP contribution >= 0.6 is 0 Å². The Labute approximate surface area is 430 Å². The third kappa shape index (κ3) is 31.8. The Morgan fingerprint density at radius 2 is 0.831 bits per heavy atom. The molecule has 2 aliphatic heterocycles. The van der Waals surface area contributed by atoms with E-state index in [0.29, 0.717) is 13.0 Å². The number of unbranched alkanes of at least 4 members (excludes halogenated alkanes) is 29. The van der Waals surface area contributed by atoms with Gasteiger partial charge >= 0.3 is 5.97 Å². The summed E-state index contributed by atoms with van der Waals surface area (Å²) >= 11 is 0. The van der Waals surface area contributed by atoms with E-state index >= 15 is 0 Å². The molecular weight excluding hydrogens is 909 g/mol. The molecule has 2 fully saturated rings. The van der Waals surface area contributed by atoms with E-state index in [2.05, 4.69) is 38.2 Å². The van der Waals surface area contributed by atoms with Crippen molar-refractivity contribution in [1.82, 2.24) is 0 Å². The molecule has 11 unspecified atom stereocenters. The minimum Gasteiger partial charge on any atom is -0.457 e. The number of carbonyl (C=O) groups excluding carboxylic acids is 1. The quantitative estimate of drug-likeness (QED) is 0.0172. The van der Waals surface area contributed by atoms with Gasteiger partial charge in [0.2, 0.25) is 0 Å². The van der Waals surface area contributed by atoms with Crippen LogP contribution in [0.25, 0.3) is 0 Å². The first kappa shape index (κ1) is 65.6.